The van der Waals surface area contributed by atoms with Crippen LogP contribution in [0.15, 0.2) is 41.7 Å². The molecule has 3 rings (SSSR count). The summed E-state index contributed by atoms with van der Waals surface area (Å²) in [5.41, 5.74) is 10.0. The van der Waals surface area contributed by atoms with E-state index in [0.717, 1.165) is 18.7 Å². The third-order valence-corrected chi connectivity index (χ3v) is 4.29. The van der Waals surface area contributed by atoms with Gasteiger partial charge >= 0.3 is 0 Å². The summed E-state index contributed by atoms with van der Waals surface area (Å²) >= 11 is 0. The van der Waals surface area contributed by atoms with Crippen molar-refractivity contribution in [2.24, 2.45) is 16.6 Å². The van der Waals surface area contributed by atoms with E-state index in [4.69, 9.17) is 5.73 Å². The lowest BCUT2D eigenvalue weighted by molar-refractivity contribution is 0.459. The Morgan fingerprint density at radius 2 is 2.22 bits per heavy atom. The summed E-state index contributed by atoms with van der Waals surface area (Å²) in [5, 5.41) is 7.51. The van der Waals surface area contributed by atoms with Crippen molar-refractivity contribution in [3.05, 3.63) is 47.8 Å². The van der Waals surface area contributed by atoms with Crippen molar-refractivity contribution in [1.29, 1.82) is 0 Å². The molecule has 0 amide bonds. The van der Waals surface area contributed by atoms with Crippen molar-refractivity contribution >= 4 is 11.6 Å². The Bertz CT molecular complexity index is 660. The number of aromatic nitrogens is 2. The minimum Gasteiger partial charge on any atom is -0.370 e. The van der Waals surface area contributed by atoms with Crippen LogP contribution in [0.3, 0.4) is 0 Å². The normalized spacial score (nSPS) is 16.0. The number of hydrogen-bond donors (Lipinski definition) is 2. The molecule has 0 radical (unpaired) electrons. The maximum absolute atomic E-state index is 6.08. The highest BCUT2D eigenvalue weighted by molar-refractivity contribution is 5.93. The van der Waals surface area contributed by atoms with E-state index in [0.29, 0.717) is 18.4 Å². The zero-order valence-corrected chi connectivity index (χ0v) is 13.7. The van der Waals surface area contributed by atoms with Gasteiger partial charge < -0.3 is 11.1 Å². The first-order chi connectivity index (χ1) is 11.2. The van der Waals surface area contributed by atoms with Gasteiger partial charge in [-0.25, -0.2) is 0 Å². The Kier molecular flexibility index (Phi) is 4.95. The molecule has 1 aromatic heterocycles. The molecular weight excluding hydrogens is 286 g/mol. The second kappa shape index (κ2) is 7.31. The van der Waals surface area contributed by atoms with Crippen molar-refractivity contribution in [2.45, 2.75) is 39.2 Å². The monoisotopic (exact) mass is 311 g/mol. The lowest BCUT2D eigenvalue weighted by Crippen LogP contribution is -2.25. The molecule has 0 fully saturated rings. The molecule has 5 heteroatoms. The smallest absolute Gasteiger partial charge is 0.193 e. The van der Waals surface area contributed by atoms with Crippen LogP contribution in [-0.2, 0) is 19.4 Å². The van der Waals surface area contributed by atoms with E-state index in [1.807, 2.05) is 16.9 Å². The second-order valence-corrected chi connectivity index (χ2v) is 6.33. The van der Waals surface area contributed by atoms with Crippen LogP contribution in [0.5, 0.6) is 0 Å². The van der Waals surface area contributed by atoms with Gasteiger partial charge in [0.25, 0.3) is 0 Å². The van der Waals surface area contributed by atoms with Crippen LogP contribution in [0.2, 0.25) is 0 Å². The predicted molar refractivity (Wildman–Crippen MR) is 94.6 cm³/mol. The average molecular weight is 311 g/mol. The molecule has 5 nitrogen and oxygen atoms in total. The van der Waals surface area contributed by atoms with Gasteiger partial charge in [0.05, 0.1) is 0 Å². The Balaban J connectivity index is 1.59. The van der Waals surface area contributed by atoms with Crippen molar-refractivity contribution < 1.29 is 0 Å². The van der Waals surface area contributed by atoms with E-state index >= 15 is 0 Å². The maximum Gasteiger partial charge on any atom is 0.193 e. The molecule has 1 aliphatic rings. The molecule has 1 atom stereocenters. The molecule has 1 unspecified atom stereocenters. The Labute approximate surface area is 137 Å². The summed E-state index contributed by atoms with van der Waals surface area (Å²) in [5.74, 6) is 0.885. The number of hydrogen-bond acceptors (Lipinski definition) is 2. The van der Waals surface area contributed by atoms with Crippen LogP contribution in [-0.4, -0.2) is 22.3 Å². The Morgan fingerprint density at radius 1 is 1.35 bits per heavy atom. The number of nitrogens with zero attached hydrogens (tertiary/aromatic N) is 3. The lowest BCUT2D eigenvalue weighted by Gasteiger charge is -2.20. The van der Waals surface area contributed by atoms with Gasteiger partial charge in [-0.2, -0.15) is 5.10 Å². The molecule has 1 aliphatic carbocycles. The summed E-state index contributed by atoms with van der Waals surface area (Å²) in [6.07, 6.45) is 8.60. The molecule has 0 spiro atoms. The molecule has 2 aromatic rings. The van der Waals surface area contributed by atoms with Gasteiger partial charge in [-0.3, -0.25) is 9.67 Å². The first kappa shape index (κ1) is 15.6. The maximum atomic E-state index is 6.08. The summed E-state index contributed by atoms with van der Waals surface area (Å²) in [4.78, 5) is 4.49. The van der Waals surface area contributed by atoms with Crippen molar-refractivity contribution in [3.63, 3.8) is 0 Å². The van der Waals surface area contributed by atoms with Gasteiger partial charge in [-0.1, -0.05) is 19.1 Å². The zero-order chi connectivity index (χ0) is 16.1. The third kappa shape index (κ3) is 4.12. The van der Waals surface area contributed by atoms with Crippen LogP contribution in [0, 0.1) is 5.92 Å². The average Bonchev–Trinajstić information content (AvgIpc) is 3.06. The molecule has 0 bridgehead atoms. The minimum atomic E-state index is 0.389. The highest BCUT2D eigenvalue weighted by atomic mass is 15.3. The fraction of sp³-hybridized carbons (Fsp3) is 0.444. The van der Waals surface area contributed by atoms with Gasteiger partial charge in [0.15, 0.2) is 5.96 Å². The Morgan fingerprint density at radius 3 is 3.04 bits per heavy atom. The largest absolute Gasteiger partial charge is 0.370 e. The van der Waals surface area contributed by atoms with E-state index in [-0.39, 0.29) is 0 Å². The van der Waals surface area contributed by atoms with Gasteiger partial charge in [0, 0.05) is 31.2 Å². The lowest BCUT2D eigenvalue weighted by atomic mass is 9.90. The number of aliphatic imine (C=N–C) groups is 1. The van der Waals surface area contributed by atoms with Crippen LogP contribution in [0.4, 0.5) is 5.69 Å². The van der Waals surface area contributed by atoms with Crippen LogP contribution < -0.4 is 11.1 Å². The number of guanidine groups is 1. The Hall–Kier alpha value is -2.30. The number of aryl methyl sites for hydroxylation is 1. The number of nitrogens with two attached hydrogens (primary N) is 1. The number of anilines is 1. The topological polar surface area (TPSA) is 68.2 Å². The molecule has 122 valence electrons. The van der Waals surface area contributed by atoms with E-state index in [1.165, 1.54) is 30.4 Å². The molecule has 3 N–H and O–H groups in total. The molecule has 0 saturated carbocycles. The number of rotatable bonds is 5. The summed E-state index contributed by atoms with van der Waals surface area (Å²) in [6, 6.07) is 8.35. The number of nitrogens with one attached hydrogen (secondary N) is 1. The third-order valence-electron chi connectivity index (χ3n) is 4.29. The molecular formula is C18H25N5. The van der Waals surface area contributed by atoms with E-state index < -0.39 is 0 Å². The fourth-order valence-corrected chi connectivity index (χ4v) is 3.12. The summed E-state index contributed by atoms with van der Waals surface area (Å²) in [7, 11) is 0. The molecule has 1 heterocycles. The SMILES string of the molecule is CC(CN=C(N)Nc1cccc2c1CCCC2)Cn1cccn1. The van der Waals surface area contributed by atoms with E-state index in [9.17, 15) is 0 Å². The first-order valence-electron chi connectivity index (χ1n) is 8.37. The van der Waals surface area contributed by atoms with Crippen molar-refractivity contribution in [2.75, 3.05) is 11.9 Å². The van der Waals surface area contributed by atoms with Crippen LogP contribution >= 0.6 is 0 Å². The van der Waals surface area contributed by atoms with Gasteiger partial charge in [-0.05, 0) is 54.9 Å². The zero-order valence-electron chi connectivity index (χ0n) is 13.7. The van der Waals surface area contributed by atoms with Gasteiger partial charge in [-0.15, -0.1) is 0 Å². The quantitative estimate of drug-likeness (QED) is 0.659. The van der Waals surface area contributed by atoms with E-state index in [1.54, 1.807) is 6.20 Å². The number of fused-ring (bicyclic) bond motifs is 1. The number of benzene rings is 1. The van der Waals surface area contributed by atoms with Crippen molar-refractivity contribution in [3.8, 4) is 0 Å². The van der Waals surface area contributed by atoms with Crippen LogP contribution in [0.25, 0.3) is 0 Å². The predicted octanol–water partition coefficient (Wildman–Crippen LogP) is 2.82. The molecule has 0 aliphatic heterocycles. The van der Waals surface area contributed by atoms with Gasteiger partial charge in [0.2, 0.25) is 0 Å². The molecule has 23 heavy (non-hydrogen) atoms. The summed E-state index contributed by atoms with van der Waals surface area (Å²) < 4.78 is 1.93. The minimum absolute atomic E-state index is 0.389. The highest BCUT2D eigenvalue weighted by Gasteiger charge is 2.13. The second-order valence-electron chi connectivity index (χ2n) is 6.33. The molecule has 1 aromatic carbocycles. The highest BCUT2D eigenvalue weighted by Crippen LogP contribution is 2.27. The fourth-order valence-electron chi connectivity index (χ4n) is 3.12. The van der Waals surface area contributed by atoms with Crippen molar-refractivity contribution in [1.82, 2.24) is 9.78 Å². The summed E-state index contributed by atoms with van der Waals surface area (Å²) in [6.45, 7) is 3.70. The van der Waals surface area contributed by atoms with Crippen LogP contribution in [0.1, 0.15) is 30.9 Å². The molecule has 0 saturated heterocycles. The standard InChI is InChI=1S/C18H25N5/c1-14(13-23-11-5-10-21-23)12-20-18(19)22-17-9-4-7-15-6-2-3-8-16(15)17/h4-5,7,9-11,14H,2-3,6,8,12-13H2,1H3,(H3,19,20,22). The van der Waals surface area contributed by atoms with Gasteiger partial charge in [0.1, 0.15) is 0 Å². The first-order valence-corrected chi connectivity index (χ1v) is 8.37. The van der Waals surface area contributed by atoms with E-state index in [2.05, 4.69) is 40.5 Å².